The Labute approximate surface area is 121 Å². The van der Waals surface area contributed by atoms with Crippen molar-refractivity contribution in [1.29, 1.82) is 0 Å². The summed E-state index contributed by atoms with van der Waals surface area (Å²) in [6.45, 7) is 0.559. The van der Waals surface area contributed by atoms with Gasteiger partial charge in [0, 0.05) is 13.1 Å². The van der Waals surface area contributed by atoms with Crippen LogP contribution >= 0.6 is 0 Å². The SMILES string of the molecule is COC(=O)C1CCCN(C(=O)NC(CC(N)=O)C(=O)O)C1. The number of ether oxygens (including phenoxy) is 1. The van der Waals surface area contributed by atoms with Crippen LogP contribution < -0.4 is 11.1 Å². The molecule has 0 bridgehead atoms. The lowest BCUT2D eigenvalue weighted by Crippen LogP contribution is -2.52. The fraction of sp³-hybridized carbons (Fsp3) is 0.667. The zero-order chi connectivity index (χ0) is 16.0. The van der Waals surface area contributed by atoms with Crippen LogP contribution in [0.4, 0.5) is 4.79 Å². The highest BCUT2D eigenvalue weighted by Gasteiger charge is 2.31. The second-order valence-electron chi connectivity index (χ2n) is 4.82. The van der Waals surface area contributed by atoms with E-state index in [0.29, 0.717) is 19.4 Å². The van der Waals surface area contributed by atoms with Crippen LogP contribution in [0.5, 0.6) is 0 Å². The Bertz CT molecular complexity index is 439. The van der Waals surface area contributed by atoms with Crippen molar-refractivity contribution in [1.82, 2.24) is 10.2 Å². The maximum Gasteiger partial charge on any atom is 0.326 e. The normalized spacial score (nSPS) is 19.5. The minimum atomic E-state index is -1.38. The molecule has 1 heterocycles. The number of hydrogen-bond acceptors (Lipinski definition) is 5. The number of urea groups is 1. The van der Waals surface area contributed by atoms with Gasteiger partial charge in [-0.3, -0.25) is 9.59 Å². The second kappa shape index (κ2) is 7.46. The smallest absolute Gasteiger partial charge is 0.326 e. The van der Waals surface area contributed by atoms with E-state index in [4.69, 9.17) is 10.8 Å². The molecule has 1 aliphatic heterocycles. The van der Waals surface area contributed by atoms with Gasteiger partial charge >= 0.3 is 18.0 Å². The van der Waals surface area contributed by atoms with Gasteiger partial charge in [-0.05, 0) is 12.8 Å². The van der Waals surface area contributed by atoms with Crippen LogP contribution in [0.2, 0.25) is 0 Å². The number of primary amides is 1. The van der Waals surface area contributed by atoms with Crippen molar-refractivity contribution < 1.29 is 29.0 Å². The molecule has 1 aliphatic rings. The number of methoxy groups -OCH3 is 1. The van der Waals surface area contributed by atoms with Gasteiger partial charge in [0.15, 0.2) is 0 Å². The molecule has 9 nitrogen and oxygen atoms in total. The highest BCUT2D eigenvalue weighted by atomic mass is 16.5. The van der Waals surface area contributed by atoms with E-state index in [1.165, 1.54) is 12.0 Å². The zero-order valence-corrected chi connectivity index (χ0v) is 11.7. The highest BCUT2D eigenvalue weighted by Crippen LogP contribution is 2.17. The van der Waals surface area contributed by atoms with Crippen LogP contribution in [0.25, 0.3) is 0 Å². The fourth-order valence-electron chi connectivity index (χ4n) is 2.16. The van der Waals surface area contributed by atoms with Crippen molar-refractivity contribution in [3.8, 4) is 0 Å². The van der Waals surface area contributed by atoms with Gasteiger partial charge in [-0.2, -0.15) is 0 Å². The number of hydrogen-bond donors (Lipinski definition) is 3. The van der Waals surface area contributed by atoms with E-state index in [-0.39, 0.29) is 6.54 Å². The van der Waals surface area contributed by atoms with Crippen LogP contribution in [-0.2, 0) is 19.1 Å². The summed E-state index contributed by atoms with van der Waals surface area (Å²) < 4.78 is 4.64. The molecule has 1 saturated heterocycles. The van der Waals surface area contributed by atoms with E-state index in [1.54, 1.807) is 0 Å². The lowest BCUT2D eigenvalue weighted by Gasteiger charge is -2.32. The largest absolute Gasteiger partial charge is 0.480 e. The van der Waals surface area contributed by atoms with Gasteiger partial charge in [0.1, 0.15) is 6.04 Å². The number of carbonyl (C=O) groups is 4. The zero-order valence-electron chi connectivity index (χ0n) is 11.7. The number of rotatable bonds is 5. The van der Waals surface area contributed by atoms with Crippen molar-refractivity contribution in [3.05, 3.63) is 0 Å². The lowest BCUT2D eigenvalue weighted by atomic mass is 9.98. The molecular formula is C12H19N3O6. The van der Waals surface area contributed by atoms with Gasteiger partial charge < -0.3 is 25.8 Å². The van der Waals surface area contributed by atoms with E-state index in [1.807, 2.05) is 0 Å². The maximum atomic E-state index is 12.0. The molecule has 1 rings (SSSR count). The molecule has 0 aromatic carbocycles. The monoisotopic (exact) mass is 301 g/mol. The summed E-state index contributed by atoms with van der Waals surface area (Å²) in [6.07, 6.45) is 0.732. The number of piperidine rings is 1. The number of carbonyl (C=O) groups excluding carboxylic acids is 3. The average Bonchev–Trinajstić information content (AvgIpc) is 2.45. The van der Waals surface area contributed by atoms with Crippen molar-refractivity contribution in [2.45, 2.75) is 25.3 Å². The number of nitrogens with zero attached hydrogens (tertiary/aromatic N) is 1. The van der Waals surface area contributed by atoms with E-state index in [9.17, 15) is 19.2 Å². The molecular weight excluding hydrogens is 282 g/mol. The van der Waals surface area contributed by atoms with Crippen molar-refractivity contribution >= 4 is 23.9 Å². The van der Waals surface area contributed by atoms with Crippen molar-refractivity contribution in [3.63, 3.8) is 0 Å². The number of carboxylic acids is 1. The number of nitrogens with two attached hydrogens (primary N) is 1. The van der Waals surface area contributed by atoms with Gasteiger partial charge in [0.25, 0.3) is 0 Å². The molecule has 118 valence electrons. The molecule has 4 N–H and O–H groups in total. The quantitative estimate of drug-likeness (QED) is 0.551. The van der Waals surface area contributed by atoms with E-state index >= 15 is 0 Å². The number of likely N-dealkylation sites (tertiary alicyclic amines) is 1. The molecule has 0 saturated carbocycles. The Kier molecular flexibility index (Phi) is 5.94. The maximum absolute atomic E-state index is 12.0. The number of nitrogens with one attached hydrogen (secondary N) is 1. The third-order valence-electron chi connectivity index (χ3n) is 3.24. The second-order valence-corrected chi connectivity index (χ2v) is 4.82. The highest BCUT2D eigenvalue weighted by molar-refractivity contribution is 5.87. The number of aliphatic carboxylic acids is 1. The Morgan fingerprint density at radius 2 is 2.10 bits per heavy atom. The predicted molar refractivity (Wildman–Crippen MR) is 70.1 cm³/mol. The Morgan fingerprint density at radius 3 is 2.62 bits per heavy atom. The topological polar surface area (TPSA) is 139 Å². The molecule has 3 amide bonds. The first-order chi connectivity index (χ1) is 9.85. The summed E-state index contributed by atoms with van der Waals surface area (Å²) >= 11 is 0. The average molecular weight is 301 g/mol. The van der Waals surface area contributed by atoms with Gasteiger partial charge in [0.05, 0.1) is 19.4 Å². The minimum absolute atomic E-state index is 0.154. The lowest BCUT2D eigenvalue weighted by molar-refractivity contribution is -0.147. The Balaban J connectivity index is 2.62. The van der Waals surface area contributed by atoms with Crippen LogP contribution in [0, 0.1) is 5.92 Å². The third-order valence-corrected chi connectivity index (χ3v) is 3.24. The van der Waals surface area contributed by atoms with Gasteiger partial charge in [-0.1, -0.05) is 0 Å². The van der Waals surface area contributed by atoms with Crippen LogP contribution in [0.15, 0.2) is 0 Å². The van der Waals surface area contributed by atoms with E-state index in [2.05, 4.69) is 10.1 Å². The Hall–Kier alpha value is -2.32. The summed E-state index contributed by atoms with van der Waals surface area (Å²) in [4.78, 5) is 46.6. The van der Waals surface area contributed by atoms with Gasteiger partial charge in [0.2, 0.25) is 5.91 Å². The number of esters is 1. The van der Waals surface area contributed by atoms with Crippen LogP contribution in [0.3, 0.4) is 0 Å². The van der Waals surface area contributed by atoms with E-state index in [0.717, 1.165) is 0 Å². The van der Waals surface area contributed by atoms with Crippen LogP contribution in [0.1, 0.15) is 19.3 Å². The molecule has 0 aromatic rings. The molecule has 0 aliphatic carbocycles. The summed E-state index contributed by atoms with van der Waals surface area (Å²) in [5.74, 6) is -2.99. The van der Waals surface area contributed by atoms with Gasteiger partial charge in [-0.25, -0.2) is 9.59 Å². The van der Waals surface area contributed by atoms with Crippen molar-refractivity contribution in [2.24, 2.45) is 11.7 Å². The molecule has 1 fully saturated rings. The first-order valence-corrected chi connectivity index (χ1v) is 6.49. The first-order valence-electron chi connectivity index (χ1n) is 6.49. The number of amides is 3. The fourth-order valence-corrected chi connectivity index (χ4v) is 2.16. The van der Waals surface area contributed by atoms with Gasteiger partial charge in [-0.15, -0.1) is 0 Å². The first kappa shape index (κ1) is 16.7. The molecule has 9 heteroatoms. The van der Waals surface area contributed by atoms with E-state index < -0.39 is 42.3 Å². The molecule has 0 radical (unpaired) electrons. The molecule has 0 spiro atoms. The standard InChI is InChI=1S/C12H19N3O6/c1-21-11(19)7-3-2-4-15(6-7)12(20)14-8(10(17)18)5-9(13)16/h7-8H,2-6H2,1H3,(H2,13,16)(H,14,20)(H,17,18). The van der Waals surface area contributed by atoms with Crippen LogP contribution in [-0.4, -0.2) is 60.1 Å². The van der Waals surface area contributed by atoms with Crippen molar-refractivity contribution in [2.75, 3.05) is 20.2 Å². The number of carboxylic acid groups (broad SMARTS) is 1. The molecule has 21 heavy (non-hydrogen) atoms. The summed E-state index contributed by atoms with van der Waals surface area (Å²) in [5, 5.41) is 11.2. The summed E-state index contributed by atoms with van der Waals surface area (Å²) in [5.41, 5.74) is 4.94. The molecule has 0 aromatic heterocycles. The molecule has 2 unspecified atom stereocenters. The minimum Gasteiger partial charge on any atom is -0.480 e. The Morgan fingerprint density at radius 1 is 1.43 bits per heavy atom. The summed E-state index contributed by atoms with van der Waals surface area (Å²) in [6, 6.07) is -2.02. The predicted octanol–water partition coefficient (Wildman–Crippen LogP) is -1.09. The molecule has 2 atom stereocenters. The third kappa shape index (κ3) is 4.93. The summed E-state index contributed by atoms with van der Waals surface area (Å²) in [7, 11) is 1.27.